The summed E-state index contributed by atoms with van der Waals surface area (Å²) in [7, 11) is 0. The van der Waals surface area contributed by atoms with Crippen LogP contribution in [0.2, 0.25) is 0 Å². The lowest BCUT2D eigenvalue weighted by molar-refractivity contribution is 0.0500. The van der Waals surface area contributed by atoms with E-state index >= 15 is 0 Å². The van der Waals surface area contributed by atoms with Crippen molar-refractivity contribution < 1.29 is 9.53 Å². The molecule has 1 rings (SSSR count). The number of hydrogen-bond acceptors (Lipinski definition) is 4. The summed E-state index contributed by atoms with van der Waals surface area (Å²) >= 11 is 0. The number of benzene rings is 1. The number of nitrogens with two attached hydrogens (primary N) is 1. The molecule has 0 bridgehead atoms. The third kappa shape index (κ3) is 9.78. The Morgan fingerprint density at radius 1 is 1.08 bits per heavy atom. The Morgan fingerprint density at radius 3 is 2.12 bits per heavy atom. The lowest BCUT2D eigenvalue weighted by atomic mass is 9.95. The van der Waals surface area contributed by atoms with E-state index in [1.54, 1.807) is 24.3 Å². The quantitative estimate of drug-likeness (QED) is 0.373. The second kappa shape index (κ2) is 12.2. The molecule has 3 N–H and O–H groups in total. The van der Waals surface area contributed by atoms with E-state index in [-0.39, 0.29) is 18.4 Å². The Labute approximate surface area is 152 Å². The number of carbonyl (C=O) groups excluding carboxylic acids is 1. The number of hydrogen-bond donors (Lipinski definition) is 2. The second-order valence-electron chi connectivity index (χ2n) is 7.02. The highest BCUT2D eigenvalue weighted by atomic mass is 35.5. The average Bonchev–Trinajstić information content (AvgIpc) is 2.46. The van der Waals surface area contributed by atoms with E-state index in [0.717, 1.165) is 13.0 Å². The van der Waals surface area contributed by atoms with Crippen LogP contribution in [0.4, 0.5) is 5.69 Å². The lowest BCUT2D eigenvalue weighted by Crippen LogP contribution is -2.33. The number of ether oxygens (including phenoxy) is 1. The molecule has 0 spiro atoms. The Hall–Kier alpha value is -1.26. The van der Waals surface area contributed by atoms with E-state index in [1.165, 1.54) is 12.8 Å². The van der Waals surface area contributed by atoms with Gasteiger partial charge in [-0.3, -0.25) is 0 Å². The minimum atomic E-state index is -0.286. The largest absolute Gasteiger partial charge is 0.462 e. The summed E-state index contributed by atoms with van der Waals surface area (Å²) in [5.74, 6) is 1.09. The maximum absolute atomic E-state index is 11.9. The van der Waals surface area contributed by atoms with Crippen molar-refractivity contribution in [3.05, 3.63) is 29.8 Å². The van der Waals surface area contributed by atoms with Crippen LogP contribution in [0.3, 0.4) is 0 Å². The molecular weight excluding hydrogens is 324 g/mol. The Balaban J connectivity index is 0.00000529. The van der Waals surface area contributed by atoms with Crippen molar-refractivity contribution in [1.29, 1.82) is 0 Å². The van der Waals surface area contributed by atoms with E-state index in [0.29, 0.717) is 35.7 Å². The van der Waals surface area contributed by atoms with Crippen LogP contribution in [0, 0.1) is 11.8 Å². The SMILES string of the molecule is CC(C)CC(CC(C)C)NCCCOC(=O)c1ccc(N)cc1.Cl. The van der Waals surface area contributed by atoms with Gasteiger partial charge < -0.3 is 15.8 Å². The molecule has 1 aromatic carbocycles. The van der Waals surface area contributed by atoms with Crippen LogP contribution in [0.15, 0.2) is 24.3 Å². The molecule has 0 atom stereocenters. The van der Waals surface area contributed by atoms with E-state index in [1.807, 2.05) is 0 Å². The molecule has 0 aromatic heterocycles. The molecule has 0 aliphatic rings. The minimum Gasteiger partial charge on any atom is -0.462 e. The van der Waals surface area contributed by atoms with Gasteiger partial charge in [-0.15, -0.1) is 12.4 Å². The van der Waals surface area contributed by atoms with Gasteiger partial charge in [0.05, 0.1) is 12.2 Å². The van der Waals surface area contributed by atoms with Crippen molar-refractivity contribution >= 4 is 24.1 Å². The Morgan fingerprint density at radius 2 is 1.62 bits per heavy atom. The van der Waals surface area contributed by atoms with Gasteiger partial charge in [0.15, 0.2) is 0 Å². The van der Waals surface area contributed by atoms with Crippen molar-refractivity contribution in [2.45, 2.75) is 53.0 Å². The predicted molar refractivity (Wildman–Crippen MR) is 104 cm³/mol. The fourth-order valence-corrected chi connectivity index (χ4v) is 2.65. The van der Waals surface area contributed by atoms with Crippen LogP contribution >= 0.6 is 12.4 Å². The number of halogens is 1. The highest BCUT2D eigenvalue weighted by molar-refractivity contribution is 5.89. The van der Waals surface area contributed by atoms with Crippen LogP contribution < -0.4 is 11.1 Å². The first-order valence-electron chi connectivity index (χ1n) is 8.64. The molecular formula is C19H33ClN2O2. The van der Waals surface area contributed by atoms with Crippen LogP contribution in [0.5, 0.6) is 0 Å². The molecule has 138 valence electrons. The van der Waals surface area contributed by atoms with Gasteiger partial charge in [0.1, 0.15) is 0 Å². The molecule has 5 heteroatoms. The van der Waals surface area contributed by atoms with Gasteiger partial charge in [-0.25, -0.2) is 4.79 Å². The summed E-state index contributed by atoms with van der Waals surface area (Å²) < 4.78 is 5.29. The molecule has 4 nitrogen and oxygen atoms in total. The Kier molecular flexibility index (Phi) is 11.5. The van der Waals surface area contributed by atoms with Gasteiger partial charge in [-0.2, -0.15) is 0 Å². The summed E-state index contributed by atoms with van der Waals surface area (Å²) in [5, 5.41) is 3.60. The zero-order valence-corrected chi connectivity index (χ0v) is 16.2. The maximum atomic E-state index is 11.9. The number of carbonyl (C=O) groups is 1. The smallest absolute Gasteiger partial charge is 0.338 e. The fraction of sp³-hybridized carbons (Fsp3) is 0.632. The maximum Gasteiger partial charge on any atom is 0.338 e. The lowest BCUT2D eigenvalue weighted by Gasteiger charge is -2.22. The van der Waals surface area contributed by atoms with Gasteiger partial charge in [-0.1, -0.05) is 27.7 Å². The highest BCUT2D eigenvalue weighted by Gasteiger charge is 2.12. The molecule has 0 radical (unpaired) electrons. The topological polar surface area (TPSA) is 64.3 Å². The number of nitrogen functional groups attached to an aromatic ring is 1. The summed E-state index contributed by atoms with van der Waals surface area (Å²) in [6.07, 6.45) is 3.19. The van der Waals surface area contributed by atoms with E-state index in [9.17, 15) is 4.79 Å². The monoisotopic (exact) mass is 356 g/mol. The van der Waals surface area contributed by atoms with Crippen LogP contribution in [-0.4, -0.2) is 25.2 Å². The first-order valence-corrected chi connectivity index (χ1v) is 8.64. The molecule has 0 saturated heterocycles. The molecule has 0 fully saturated rings. The molecule has 0 unspecified atom stereocenters. The Bertz CT molecular complexity index is 451. The molecule has 1 aromatic rings. The normalized spacial score (nSPS) is 11.0. The fourth-order valence-electron chi connectivity index (χ4n) is 2.65. The number of rotatable bonds is 10. The summed E-state index contributed by atoms with van der Waals surface area (Å²) in [5.41, 5.74) is 6.79. The van der Waals surface area contributed by atoms with Crippen molar-refractivity contribution in [2.75, 3.05) is 18.9 Å². The van der Waals surface area contributed by atoms with Crippen molar-refractivity contribution in [3.8, 4) is 0 Å². The van der Waals surface area contributed by atoms with Gasteiger partial charge in [-0.05, 0) is 61.9 Å². The molecule has 0 saturated carbocycles. The zero-order valence-electron chi connectivity index (χ0n) is 15.4. The summed E-state index contributed by atoms with van der Waals surface area (Å²) in [4.78, 5) is 11.9. The standard InChI is InChI=1S/C19H32N2O2.ClH/c1-14(2)12-18(13-15(3)4)21-10-5-11-23-19(22)16-6-8-17(20)9-7-16;/h6-9,14-15,18,21H,5,10-13,20H2,1-4H3;1H. The second-order valence-corrected chi connectivity index (χ2v) is 7.02. The molecule has 0 heterocycles. The van der Waals surface area contributed by atoms with Gasteiger partial charge in [0.2, 0.25) is 0 Å². The third-order valence-corrected chi connectivity index (χ3v) is 3.65. The average molecular weight is 357 g/mol. The van der Waals surface area contributed by atoms with Crippen molar-refractivity contribution in [2.24, 2.45) is 11.8 Å². The van der Waals surface area contributed by atoms with Crippen molar-refractivity contribution in [1.82, 2.24) is 5.32 Å². The summed E-state index contributed by atoms with van der Waals surface area (Å²) in [6.45, 7) is 10.3. The number of anilines is 1. The van der Waals surface area contributed by atoms with Crippen molar-refractivity contribution in [3.63, 3.8) is 0 Å². The first kappa shape index (κ1) is 22.7. The van der Waals surface area contributed by atoms with Gasteiger partial charge in [0.25, 0.3) is 0 Å². The molecule has 24 heavy (non-hydrogen) atoms. The van der Waals surface area contributed by atoms with Crippen LogP contribution in [0.25, 0.3) is 0 Å². The van der Waals surface area contributed by atoms with Gasteiger partial charge in [0, 0.05) is 11.7 Å². The molecule has 0 amide bonds. The molecule has 0 aliphatic heterocycles. The van der Waals surface area contributed by atoms with E-state index in [4.69, 9.17) is 10.5 Å². The third-order valence-electron chi connectivity index (χ3n) is 3.65. The number of esters is 1. The first-order chi connectivity index (χ1) is 10.9. The zero-order chi connectivity index (χ0) is 17.2. The highest BCUT2D eigenvalue weighted by Crippen LogP contribution is 2.13. The van der Waals surface area contributed by atoms with Gasteiger partial charge >= 0.3 is 5.97 Å². The number of nitrogens with one attached hydrogen (secondary N) is 1. The van der Waals surface area contributed by atoms with E-state index < -0.39 is 0 Å². The van der Waals surface area contributed by atoms with Crippen LogP contribution in [0.1, 0.15) is 57.3 Å². The van der Waals surface area contributed by atoms with E-state index in [2.05, 4.69) is 33.0 Å². The summed E-state index contributed by atoms with van der Waals surface area (Å²) in [6, 6.07) is 7.35. The predicted octanol–water partition coefficient (Wildman–Crippen LogP) is 4.29. The molecule has 0 aliphatic carbocycles. The minimum absolute atomic E-state index is 0. The van der Waals surface area contributed by atoms with Crippen LogP contribution in [-0.2, 0) is 4.74 Å².